The summed E-state index contributed by atoms with van der Waals surface area (Å²) in [5.74, 6) is -0.237. The number of furan rings is 1. The van der Waals surface area contributed by atoms with Gasteiger partial charge in [0.05, 0.1) is 18.1 Å². The van der Waals surface area contributed by atoms with Gasteiger partial charge in [0.15, 0.2) is 5.78 Å². The average Bonchev–Trinajstić information content (AvgIpc) is 2.51. The molecule has 0 bridgehead atoms. The lowest BCUT2D eigenvalue weighted by molar-refractivity contribution is -0.113. The Morgan fingerprint density at radius 2 is 2.50 bits per heavy atom. The number of carbonyl (C=O) groups excluding carboxylic acids is 1. The Morgan fingerprint density at radius 3 is 2.92 bits per heavy atom. The predicted molar refractivity (Wildman–Crippen MR) is 43.0 cm³/mol. The van der Waals surface area contributed by atoms with E-state index in [1.807, 2.05) is 6.07 Å². The normalized spacial score (nSPS) is 10.8. The second-order valence-electron chi connectivity index (χ2n) is 2.28. The van der Waals surface area contributed by atoms with Crippen molar-refractivity contribution in [2.24, 2.45) is 0 Å². The Labute approximate surface area is 69.9 Å². The molecule has 60 valence electrons. The number of nitrogens with zero attached hydrogens (tertiary/aromatic N) is 1. The molecular weight excluding hydrogens is 154 g/mol. The van der Waals surface area contributed by atoms with Crippen LogP contribution in [0.15, 0.2) is 28.6 Å². The van der Waals surface area contributed by atoms with Gasteiger partial charge < -0.3 is 4.42 Å². The van der Waals surface area contributed by atoms with Crippen molar-refractivity contribution in [2.45, 2.75) is 6.92 Å². The summed E-state index contributed by atoms with van der Waals surface area (Å²) in [5.41, 5.74) is 0.859. The average molecular weight is 161 g/mol. The minimum absolute atomic E-state index is 0.136. The molecule has 3 heteroatoms. The summed E-state index contributed by atoms with van der Waals surface area (Å²) in [7, 11) is 0. The fraction of sp³-hybridized carbons (Fsp3) is 0.111. The van der Waals surface area contributed by atoms with Crippen LogP contribution in [-0.2, 0) is 4.79 Å². The molecule has 0 atom stereocenters. The van der Waals surface area contributed by atoms with Crippen LogP contribution >= 0.6 is 0 Å². The van der Waals surface area contributed by atoms with Gasteiger partial charge in [0.2, 0.25) is 0 Å². The van der Waals surface area contributed by atoms with Crippen molar-refractivity contribution in [1.29, 1.82) is 5.26 Å². The van der Waals surface area contributed by atoms with E-state index < -0.39 is 0 Å². The summed E-state index contributed by atoms with van der Waals surface area (Å²) in [5, 5.41) is 8.53. The molecule has 12 heavy (non-hydrogen) atoms. The van der Waals surface area contributed by atoms with Crippen LogP contribution in [0.2, 0.25) is 0 Å². The van der Waals surface area contributed by atoms with Crippen LogP contribution in [0, 0.1) is 11.3 Å². The molecule has 3 nitrogen and oxygen atoms in total. The Kier molecular flexibility index (Phi) is 2.44. The van der Waals surface area contributed by atoms with Crippen molar-refractivity contribution in [2.75, 3.05) is 0 Å². The highest BCUT2D eigenvalue weighted by Gasteiger charge is 2.01. The van der Waals surface area contributed by atoms with Gasteiger partial charge in [0, 0.05) is 5.56 Å². The first kappa shape index (κ1) is 8.28. The van der Waals surface area contributed by atoms with Crippen molar-refractivity contribution < 1.29 is 9.21 Å². The van der Waals surface area contributed by atoms with E-state index in [9.17, 15) is 4.79 Å². The van der Waals surface area contributed by atoms with Gasteiger partial charge in [-0.05, 0) is 19.1 Å². The largest absolute Gasteiger partial charge is 0.472 e. The van der Waals surface area contributed by atoms with Gasteiger partial charge in [-0.1, -0.05) is 0 Å². The summed E-state index contributed by atoms with van der Waals surface area (Å²) in [4.78, 5) is 10.8. The number of carbonyl (C=O) groups is 1. The maximum absolute atomic E-state index is 10.8. The van der Waals surface area contributed by atoms with Crippen LogP contribution in [-0.4, -0.2) is 5.78 Å². The molecule has 0 aromatic carbocycles. The molecule has 0 saturated heterocycles. The topological polar surface area (TPSA) is 54.0 Å². The molecule has 1 rings (SSSR count). The Morgan fingerprint density at radius 1 is 1.75 bits per heavy atom. The van der Waals surface area contributed by atoms with Crippen LogP contribution in [0.25, 0.3) is 6.08 Å². The molecular formula is C9H7NO2. The van der Waals surface area contributed by atoms with E-state index in [1.54, 1.807) is 6.07 Å². The molecule has 0 fully saturated rings. The van der Waals surface area contributed by atoms with E-state index in [0.29, 0.717) is 0 Å². The van der Waals surface area contributed by atoms with Gasteiger partial charge in [-0.2, -0.15) is 5.26 Å². The van der Waals surface area contributed by atoms with Crippen molar-refractivity contribution in [3.63, 3.8) is 0 Å². The summed E-state index contributed by atoms with van der Waals surface area (Å²) in [6, 6.07) is 3.49. The zero-order valence-electron chi connectivity index (χ0n) is 6.57. The van der Waals surface area contributed by atoms with Gasteiger partial charge in [-0.15, -0.1) is 0 Å². The highest BCUT2D eigenvalue weighted by molar-refractivity contribution is 6.01. The van der Waals surface area contributed by atoms with Crippen molar-refractivity contribution >= 4 is 11.9 Å². The van der Waals surface area contributed by atoms with Gasteiger partial charge in [-0.25, -0.2) is 0 Å². The van der Waals surface area contributed by atoms with Gasteiger partial charge in [-0.3, -0.25) is 4.79 Å². The third-order valence-corrected chi connectivity index (χ3v) is 1.35. The number of Topliss-reactive ketones (excluding diaryl/α,β-unsaturated/α-hetero) is 1. The minimum atomic E-state index is -0.237. The molecule has 0 amide bonds. The maximum atomic E-state index is 10.8. The molecule has 0 unspecified atom stereocenters. The zero-order valence-corrected chi connectivity index (χ0v) is 6.57. The molecule has 0 radical (unpaired) electrons. The zero-order chi connectivity index (χ0) is 8.97. The highest BCUT2D eigenvalue weighted by Crippen LogP contribution is 2.07. The Balaban J connectivity index is 2.95. The molecule has 0 saturated carbocycles. The standard InChI is InChI=1S/C9H7NO2/c1-7(11)9(5-10)4-8-2-3-12-6-8/h2-4,6H,1H3/b9-4+. The number of hydrogen-bond acceptors (Lipinski definition) is 3. The SMILES string of the molecule is CC(=O)/C(C#N)=C/c1ccoc1. The van der Waals surface area contributed by atoms with Crippen LogP contribution in [0.4, 0.5) is 0 Å². The molecule has 0 aliphatic rings. The number of rotatable bonds is 2. The number of ketones is 1. The molecule has 1 heterocycles. The molecule has 0 spiro atoms. The third-order valence-electron chi connectivity index (χ3n) is 1.35. The monoisotopic (exact) mass is 161 g/mol. The van der Waals surface area contributed by atoms with E-state index >= 15 is 0 Å². The first-order valence-electron chi connectivity index (χ1n) is 3.39. The van der Waals surface area contributed by atoms with E-state index in [-0.39, 0.29) is 11.4 Å². The molecule has 1 aromatic heterocycles. The fourth-order valence-corrected chi connectivity index (χ4v) is 0.736. The summed E-state index contributed by atoms with van der Waals surface area (Å²) < 4.78 is 4.77. The number of allylic oxidation sites excluding steroid dienone is 1. The van der Waals surface area contributed by atoms with Gasteiger partial charge in [0.1, 0.15) is 6.07 Å². The van der Waals surface area contributed by atoms with E-state index in [2.05, 4.69) is 0 Å². The van der Waals surface area contributed by atoms with Crippen LogP contribution in [0.3, 0.4) is 0 Å². The molecule has 0 aliphatic carbocycles. The molecule has 0 N–H and O–H groups in total. The van der Waals surface area contributed by atoms with Crippen LogP contribution in [0.1, 0.15) is 12.5 Å². The Hall–Kier alpha value is -1.82. The first-order chi connectivity index (χ1) is 5.74. The van der Waals surface area contributed by atoms with Crippen LogP contribution < -0.4 is 0 Å². The number of nitriles is 1. The second kappa shape index (κ2) is 3.54. The lowest BCUT2D eigenvalue weighted by Crippen LogP contribution is -1.92. The van der Waals surface area contributed by atoms with Crippen LogP contribution in [0.5, 0.6) is 0 Å². The maximum Gasteiger partial charge on any atom is 0.170 e. The predicted octanol–water partition coefficient (Wildman–Crippen LogP) is 1.78. The van der Waals surface area contributed by atoms with E-state index in [0.717, 1.165) is 5.56 Å². The smallest absolute Gasteiger partial charge is 0.170 e. The molecule has 1 aromatic rings. The highest BCUT2D eigenvalue weighted by atomic mass is 16.3. The quantitative estimate of drug-likeness (QED) is 0.490. The second-order valence-corrected chi connectivity index (χ2v) is 2.28. The van der Waals surface area contributed by atoms with Crippen molar-refractivity contribution in [3.8, 4) is 6.07 Å². The summed E-state index contributed by atoms with van der Waals surface area (Å²) in [6.07, 6.45) is 4.45. The molecule has 0 aliphatic heterocycles. The lowest BCUT2D eigenvalue weighted by Gasteiger charge is -1.87. The third kappa shape index (κ3) is 1.83. The summed E-state index contributed by atoms with van der Waals surface area (Å²) >= 11 is 0. The van der Waals surface area contributed by atoms with Gasteiger partial charge in [0.25, 0.3) is 0 Å². The summed E-state index contributed by atoms with van der Waals surface area (Å²) in [6.45, 7) is 1.36. The van der Waals surface area contributed by atoms with E-state index in [1.165, 1.54) is 25.5 Å². The van der Waals surface area contributed by atoms with Crippen molar-refractivity contribution in [3.05, 3.63) is 29.7 Å². The minimum Gasteiger partial charge on any atom is -0.472 e. The first-order valence-corrected chi connectivity index (χ1v) is 3.39. The lowest BCUT2D eigenvalue weighted by atomic mass is 10.1. The van der Waals surface area contributed by atoms with Crippen molar-refractivity contribution in [1.82, 2.24) is 0 Å². The van der Waals surface area contributed by atoms with E-state index in [4.69, 9.17) is 9.68 Å². The Bertz CT molecular complexity index is 341. The van der Waals surface area contributed by atoms with Gasteiger partial charge >= 0.3 is 0 Å². The fourth-order valence-electron chi connectivity index (χ4n) is 0.736. The number of hydrogen-bond donors (Lipinski definition) is 0.